The molecule has 5 nitrogen and oxygen atoms in total. The highest BCUT2D eigenvalue weighted by Gasteiger charge is 2.01. The molecule has 0 saturated carbocycles. The third kappa shape index (κ3) is 15.8. The van der Waals surface area contributed by atoms with E-state index in [4.69, 9.17) is 15.0 Å². The van der Waals surface area contributed by atoms with Crippen LogP contribution in [0, 0.1) is 0 Å². The zero-order chi connectivity index (χ0) is 10.1. The molecule has 0 aliphatic rings. The van der Waals surface area contributed by atoms with Gasteiger partial charge < -0.3 is 14.9 Å². The molecule has 0 unspecified atom stereocenters. The Morgan fingerprint density at radius 3 is 1.83 bits per heavy atom. The first-order chi connectivity index (χ1) is 5.41. The van der Waals surface area contributed by atoms with Crippen LogP contribution in [-0.4, -0.2) is 28.8 Å². The van der Waals surface area contributed by atoms with Crippen LogP contribution in [0.25, 0.3) is 0 Å². The number of hydrogen-bond acceptors (Lipinski definition) is 4. The predicted molar refractivity (Wildman–Crippen MR) is 41.7 cm³/mol. The van der Waals surface area contributed by atoms with Gasteiger partial charge in [0, 0.05) is 6.92 Å². The molecule has 0 heterocycles. The van der Waals surface area contributed by atoms with Crippen LogP contribution in [0.1, 0.15) is 13.8 Å². The van der Waals surface area contributed by atoms with Crippen molar-refractivity contribution in [2.45, 2.75) is 13.8 Å². The zero-order valence-corrected chi connectivity index (χ0v) is 7.03. The standard InChI is InChI=1S/C5H8O3.C2H4O2/c1-3-8-5(7)4(2)6;1-2(3)4/h6H,2-3H2,1H3;1H3,(H,3,4). The largest absolute Gasteiger partial charge is 0.502 e. The van der Waals surface area contributed by atoms with Crippen LogP contribution in [0.15, 0.2) is 12.3 Å². The lowest BCUT2D eigenvalue weighted by molar-refractivity contribution is -0.141. The molecule has 0 aliphatic heterocycles. The van der Waals surface area contributed by atoms with Crippen LogP contribution < -0.4 is 0 Å². The quantitative estimate of drug-likeness (QED) is 0.368. The van der Waals surface area contributed by atoms with E-state index >= 15 is 0 Å². The second-order valence-electron chi connectivity index (χ2n) is 1.69. The molecule has 0 bridgehead atoms. The van der Waals surface area contributed by atoms with Crippen molar-refractivity contribution in [2.75, 3.05) is 6.61 Å². The monoisotopic (exact) mass is 176 g/mol. The molecule has 0 aromatic rings. The van der Waals surface area contributed by atoms with E-state index in [0.717, 1.165) is 6.92 Å². The Labute approximate surface area is 70.3 Å². The molecule has 0 saturated heterocycles. The predicted octanol–water partition coefficient (Wildman–Crippen LogP) is 0.712. The molecular weight excluding hydrogens is 164 g/mol. The molecule has 2 N–H and O–H groups in total. The maximum absolute atomic E-state index is 10.2. The lowest BCUT2D eigenvalue weighted by Gasteiger charge is -1.95. The van der Waals surface area contributed by atoms with Gasteiger partial charge in [-0.15, -0.1) is 0 Å². The van der Waals surface area contributed by atoms with Crippen LogP contribution in [0.3, 0.4) is 0 Å². The fraction of sp³-hybridized carbons (Fsp3) is 0.429. The lowest BCUT2D eigenvalue weighted by atomic mass is 10.6. The summed E-state index contributed by atoms with van der Waals surface area (Å²) >= 11 is 0. The number of carboxylic acid groups (broad SMARTS) is 1. The Morgan fingerprint density at radius 2 is 1.75 bits per heavy atom. The van der Waals surface area contributed by atoms with Gasteiger partial charge in [0.15, 0.2) is 5.76 Å². The highest BCUT2D eigenvalue weighted by atomic mass is 16.5. The van der Waals surface area contributed by atoms with Crippen LogP contribution in [0.2, 0.25) is 0 Å². The minimum atomic E-state index is -0.833. The third-order valence-electron chi connectivity index (χ3n) is 0.511. The van der Waals surface area contributed by atoms with E-state index in [9.17, 15) is 4.79 Å². The Bertz CT molecular complexity index is 169. The number of rotatable bonds is 2. The number of carboxylic acids is 1. The number of aliphatic hydroxyl groups excluding tert-OH is 1. The van der Waals surface area contributed by atoms with Crippen LogP contribution in [-0.2, 0) is 14.3 Å². The molecule has 0 atom stereocenters. The first-order valence-electron chi connectivity index (χ1n) is 3.16. The summed E-state index contributed by atoms with van der Waals surface area (Å²) in [6.07, 6.45) is 0. The molecule has 0 amide bonds. The average Bonchev–Trinajstić information content (AvgIpc) is 1.86. The molecule has 0 radical (unpaired) electrons. The minimum Gasteiger partial charge on any atom is -0.502 e. The van der Waals surface area contributed by atoms with E-state index in [2.05, 4.69) is 11.3 Å². The molecule has 12 heavy (non-hydrogen) atoms. The van der Waals surface area contributed by atoms with Gasteiger partial charge in [0.05, 0.1) is 6.61 Å². The number of carbonyl (C=O) groups excluding carboxylic acids is 1. The number of carbonyl (C=O) groups is 2. The Balaban J connectivity index is 0. The van der Waals surface area contributed by atoms with Gasteiger partial charge in [-0.3, -0.25) is 4.79 Å². The molecular formula is C7H12O5. The van der Waals surface area contributed by atoms with Crippen LogP contribution in [0.5, 0.6) is 0 Å². The van der Waals surface area contributed by atoms with Crippen molar-refractivity contribution in [3.63, 3.8) is 0 Å². The highest BCUT2D eigenvalue weighted by molar-refractivity contribution is 5.84. The molecule has 0 aromatic heterocycles. The van der Waals surface area contributed by atoms with Crippen LogP contribution in [0.4, 0.5) is 0 Å². The van der Waals surface area contributed by atoms with Crippen molar-refractivity contribution in [1.82, 2.24) is 0 Å². The fourth-order valence-electron chi connectivity index (χ4n) is 0.214. The molecule has 0 rings (SSSR count). The summed E-state index contributed by atoms with van der Waals surface area (Å²) in [5, 5.41) is 15.7. The van der Waals surface area contributed by atoms with Gasteiger partial charge in [0.1, 0.15) is 0 Å². The number of ether oxygens (including phenoxy) is 1. The average molecular weight is 176 g/mol. The minimum absolute atomic E-state index is 0.262. The number of aliphatic carboxylic acids is 1. The van der Waals surface area contributed by atoms with Gasteiger partial charge in [-0.1, -0.05) is 0 Å². The van der Waals surface area contributed by atoms with Crippen molar-refractivity contribution in [2.24, 2.45) is 0 Å². The molecule has 5 heteroatoms. The Hall–Kier alpha value is -1.52. The summed E-state index contributed by atoms with van der Waals surface area (Å²) in [7, 11) is 0. The molecule has 0 fully saturated rings. The molecule has 0 aromatic carbocycles. The first kappa shape index (κ1) is 13.1. The van der Waals surface area contributed by atoms with Crippen molar-refractivity contribution < 1.29 is 24.5 Å². The van der Waals surface area contributed by atoms with Crippen molar-refractivity contribution in [3.8, 4) is 0 Å². The highest BCUT2D eigenvalue weighted by Crippen LogP contribution is 1.85. The Morgan fingerprint density at radius 1 is 1.42 bits per heavy atom. The van der Waals surface area contributed by atoms with Gasteiger partial charge in [-0.2, -0.15) is 0 Å². The van der Waals surface area contributed by atoms with Gasteiger partial charge in [-0.05, 0) is 13.5 Å². The number of esters is 1. The SMILES string of the molecule is C=C(O)C(=O)OCC.CC(=O)O. The molecule has 0 aliphatic carbocycles. The third-order valence-corrected chi connectivity index (χ3v) is 0.511. The molecule has 70 valence electrons. The number of aliphatic hydroxyl groups is 1. The van der Waals surface area contributed by atoms with E-state index < -0.39 is 17.7 Å². The van der Waals surface area contributed by atoms with Crippen molar-refractivity contribution in [3.05, 3.63) is 12.3 Å². The molecule has 0 spiro atoms. The van der Waals surface area contributed by atoms with Crippen molar-refractivity contribution >= 4 is 11.9 Å². The van der Waals surface area contributed by atoms with Gasteiger partial charge in [-0.25, -0.2) is 4.79 Å². The second-order valence-corrected chi connectivity index (χ2v) is 1.69. The summed E-state index contributed by atoms with van der Waals surface area (Å²) in [5.74, 6) is -2.14. The lowest BCUT2D eigenvalue weighted by Crippen LogP contribution is -2.05. The van der Waals surface area contributed by atoms with Gasteiger partial charge >= 0.3 is 5.97 Å². The topological polar surface area (TPSA) is 83.8 Å². The second kappa shape index (κ2) is 7.59. The van der Waals surface area contributed by atoms with E-state index in [1.54, 1.807) is 6.92 Å². The maximum atomic E-state index is 10.2. The normalized spacial score (nSPS) is 7.50. The maximum Gasteiger partial charge on any atom is 0.372 e. The van der Waals surface area contributed by atoms with E-state index in [1.165, 1.54) is 0 Å². The van der Waals surface area contributed by atoms with E-state index in [1.807, 2.05) is 0 Å². The Kier molecular flexibility index (Phi) is 8.28. The van der Waals surface area contributed by atoms with E-state index in [0.29, 0.717) is 0 Å². The summed E-state index contributed by atoms with van der Waals surface area (Å²) < 4.78 is 4.31. The van der Waals surface area contributed by atoms with Gasteiger partial charge in [0.25, 0.3) is 5.97 Å². The smallest absolute Gasteiger partial charge is 0.372 e. The number of hydrogen-bond donors (Lipinski definition) is 2. The summed E-state index contributed by atoms with van der Waals surface area (Å²) in [5.41, 5.74) is 0. The van der Waals surface area contributed by atoms with E-state index in [-0.39, 0.29) is 6.61 Å². The summed E-state index contributed by atoms with van der Waals surface area (Å²) in [6.45, 7) is 5.95. The van der Waals surface area contributed by atoms with Gasteiger partial charge in [0.2, 0.25) is 0 Å². The summed E-state index contributed by atoms with van der Waals surface area (Å²) in [6, 6.07) is 0. The van der Waals surface area contributed by atoms with Crippen LogP contribution >= 0.6 is 0 Å². The first-order valence-corrected chi connectivity index (χ1v) is 3.16. The van der Waals surface area contributed by atoms with Crippen molar-refractivity contribution in [1.29, 1.82) is 0 Å². The summed E-state index contributed by atoms with van der Waals surface area (Å²) in [4.78, 5) is 19.2. The fourth-order valence-corrected chi connectivity index (χ4v) is 0.214. The zero-order valence-electron chi connectivity index (χ0n) is 7.03.